The molecule has 0 saturated carbocycles. The molecule has 2 heterocycles. The Kier molecular flexibility index (Phi) is 7.77. The number of amides is 2. The van der Waals surface area contributed by atoms with Crippen LogP contribution in [-0.4, -0.2) is 55.5 Å². The van der Waals surface area contributed by atoms with E-state index in [9.17, 15) is 9.59 Å². The van der Waals surface area contributed by atoms with Crippen molar-refractivity contribution in [2.24, 2.45) is 5.92 Å². The Morgan fingerprint density at radius 1 is 1.33 bits per heavy atom. The van der Waals surface area contributed by atoms with E-state index < -0.39 is 6.04 Å². The van der Waals surface area contributed by atoms with E-state index in [1.807, 2.05) is 0 Å². The van der Waals surface area contributed by atoms with Gasteiger partial charge in [0.15, 0.2) is 0 Å². The third-order valence-electron chi connectivity index (χ3n) is 5.36. The molecule has 0 bridgehead atoms. The van der Waals surface area contributed by atoms with Gasteiger partial charge in [-0.2, -0.15) is 0 Å². The summed E-state index contributed by atoms with van der Waals surface area (Å²) in [7, 11) is 1.52. The van der Waals surface area contributed by atoms with Crippen LogP contribution in [0.3, 0.4) is 0 Å². The number of hydrogen-bond acceptors (Lipinski definition) is 4. The summed E-state index contributed by atoms with van der Waals surface area (Å²) in [5.41, 5.74) is 0.396. The molecule has 1 aromatic rings. The molecule has 2 amide bonds. The highest BCUT2D eigenvalue weighted by Crippen LogP contribution is 2.28. The van der Waals surface area contributed by atoms with Gasteiger partial charge in [-0.1, -0.05) is 18.5 Å². The quantitative estimate of drug-likeness (QED) is 0.792. The maximum Gasteiger partial charge on any atom is 0.258 e. The number of carbonyl (C=O) groups is 2. The average Bonchev–Trinajstić information content (AvgIpc) is 3.13. The molecule has 6 nitrogen and oxygen atoms in total. The number of piperidine rings is 1. The van der Waals surface area contributed by atoms with Gasteiger partial charge in [-0.15, -0.1) is 12.4 Å². The van der Waals surface area contributed by atoms with Crippen molar-refractivity contribution in [2.75, 3.05) is 26.7 Å². The molecule has 8 heteroatoms. The molecule has 2 N–H and O–H groups in total. The second-order valence-corrected chi connectivity index (χ2v) is 7.52. The number of benzene rings is 1. The summed E-state index contributed by atoms with van der Waals surface area (Å²) in [5, 5.41) is 6.92. The summed E-state index contributed by atoms with van der Waals surface area (Å²) in [5.74, 6) is 0.614. The summed E-state index contributed by atoms with van der Waals surface area (Å²) >= 11 is 6.06. The lowest BCUT2D eigenvalue weighted by molar-refractivity contribution is -0.126. The van der Waals surface area contributed by atoms with Gasteiger partial charge in [-0.25, -0.2) is 0 Å². The first kappa shape index (κ1) is 21.8. The number of carbonyl (C=O) groups excluding carboxylic acids is 2. The predicted octanol–water partition coefficient (Wildman–Crippen LogP) is 2.49. The molecule has 1 aromatic carbocycles. The summed E-state index contributed by atoms with van der Waals surface area (Å²) in [6, 6.07) is 4.62. The molecule has 150 valence electrons. The average molecular weight is 416 g/mol. The van der Waals surface area contributed by atoms with Gasteiger partial charge in [0.25, 0.3) is 5.91 Å². The molecular weight excluding hydrogens is 389 g/mol. The Morgan fingerprint density at radius 3 is 2.81 bits per heavy atom. The van der Waals surface area contributed by atoms with Gasteiger partial charge in [0.05, 0.1) is 12.7 Å². The van der Waals surface area contributed by atoms with Gasteiger partial charge in [-0.3, -0.25) is 9.59 Å². The van der Waals surface area contributed by atoms with Crippen LogP contribution in [0.4, 0.5) is 0 Å². The van der Waals surface area contributed by atoms with Crippen molar-refractivity contribution >= 4 is 35.8 Å². The molecular formula is C19H27Cl2N3O3. The zero-order valence-electron chi connectivity index (χ0n) is 15.7. The van der Waals surface area contributed by atoms with Crippen LogP contribution in [0.2, 0.25) is 5.02 Å². The minimum Gasteiger partial charge on any atom is -0.496 e. The van der Waals surface area contributed by atoms with Gasteiger partial charge in [0.1, 0.15) is 11.8 Å². The van der Waals surface area contributed by atoms with Crippen LogP contribution in [0.1, 0.15) is 36.5 Å². The third-order valence-corrected chi connectivity index (χ3v) is 5.60. The second-order valence-electron chi connectivity index (χ2n) is 7.09. The monoisotopic (exact) mass is 415 g/mol. The van der Waals surface area contributed by atoms with Gasteiger partial charge in [-0.05, 0) is 49.9 Å². The predicted molar refractivity (Wildman–Crippen MR) is 108 cm³/mol. The Hall–Kier alpha value is -1.50. The molecule has 3 rings (SSSR count). The fourth-order valence-corrected chi connectivity index (χ4v) is 3.92. The van der Waals surface area contributed by atoms with Crippen molar-refractivity contribution in [3.8, 4) is 5.75 Å². The standard InChI is InChI=1S/C19H26ClN3O3.ClH/c1-12-7-8-21-11-15(12)22-18(24)16-4-3-9-23(16)19(25)14-10-13(20)5-6-17(14)26-2;/h5-6,10,12,15-16,21H,3-4,7-9,11H2,1-2H3,(H,22,24);1H. The van der Waals surface area contributed by atoms with Crippen LogP contribution < -0.4 is 15.4 Å². The first-order valence-electron chi connectivity index (χ1n) is 9.17. The van der Waals surface area contributed by atoms with E-state index in [1.54, 1.807) is 23.1 Å². The third kappa shape index (κ3) is 4.86. The maximum absolute atomic E-state index is 13.0. The van der Waals surface area contributed by atoms with E-state index >= 15 is 0 Å². The lowest BCUT2D eigenvalue weighted by Crippen LogP contribution is -2.55. The van der Waals surface area contributed by atoms with E-state index in [-0.39, 0.29) is 30.3 Å². The van der Waals surface area contributed by atoms with E-state index in [4.69, 9.17) is 16.3 Å². The molecule has 0 radical (unpaired) electrons. The number of rotatable bonds is 4. The number of ether oxygens (including phenoxy) is 1. The summed E-state index contributed by atoms with van der Waals surface area (Å²) < 4.78 is 5.30. The molecule has 3 unspecified atom stereocenters. The molecule has 3 atom stereocenters. The Morgan fingerprint density at radius 2 is 2.11 bits per heavy atom. The highest BCUT2D eigenvalue weighted by Gasteiger charge is 2.37. The van der Waals surface area contributed by atoms with Gasteiger partial charge in [0, 0.05) is 24.2 Å². The minimum absolute atomic E-state index is 0. The van der Waals surface area contributed by atoms with E-state index in [0.29, 0.717) is 35.2 Å². The Bertz CT molecular complexity index is 686. The van der Waals surface area contributed by atoms with E-state index in [2.05, 4.69) is 17.6 Å². The number of halogens is 2. The smallest absolute Gasteiger partial charge is 0.258 e. The normalized spacial score (nSPS) is 24.9. The Labute approximate surface area is 171 Å². The number of likely N-dealkylation sites (tertiary alicyclic amines) is 1. The number of nitrogens with zero attached hydrogens (tertiary/aromatic N) is 1. The fourth-order valence-electron chi connectivity index (χ4n) is 3.75. The zero-order chi connectivity index (χ0) is 18.7. The molecule has 2 aliphatic heterocycles. The largest absolute Gasteiger partial charge is 0.496 e. The molecule has 27 heavy (non-hydrogen) atoms. The first-order valence-corrected chi connectivity index (χ1v) is 9.54. The zero-order valence-corrected chi connectivity index (χ0v) is 17.2. The second kappa shape index (κ2) is 9.62. The molecule has 0 aromatic heterocycles. The van der Waals surface area contributed by atoms with Crippen molar-refractivity contribution in [3.63, 3.8) is 0 Å². The van der Waals surface area contributed by atoms with Crippen LogP contribution in [0, 0.1) is 5.92 Å². The number of methoxy groups -OCH3 is 1. The van der Waals surface area contributed by atoms with Crippen LogP contribution in [-0.2, 0) is 4.79 Å². The lowest BCUT2D eigenvalue weighted by Gasteiger charge is -2.32. The molecule has 2 saturated heterocycles. The summed E-state index contributed by atoms with van der Waals surface area (Å²) in [6.07, 6.45) is 2.53. The SMILES string of the molecule is COc1ccc(Cl)cc1C(=O)N1CCCC1C(=O)NC1CNCCC1C.Cl. The number of nitrogens with one attached hydrogen (secondary N) is 2. The topological polar surface area (TPSA) is 70.7 Å². The van der Waals surface area contributed by atoms with Gasteiger partial charge >= 0.3 is 0 Å². The van der Waals surface area contributed by atoms with Crippen molar-refractivity contribution in [1.82, 2.24) is 15.5 Å². The summed E-state index contributed by atoms with van der Waals surface area (Å²) in [6.45, 7) is 4.47. The molecule has 2 fully saturated rings. The van der Waals surface area contributed by atoms with Crippen molar-refractivity contribution in [3.05, 3.63) is 28.8 Å². The lowest BCUT2D eigenvalue weighted by atomic mass is 9.94. The van der Waals surface area contributed by atoms with E-state index in [0.717, 1.165) is 25.9 Å². The van der Waals surface area contributed by atoms with Crippen LogP contribution in [0.25, 0.3) is 0 Å². The molecule has 2 aliphatic rings. The van der Waals surface area contributed by atoms with Gasteiger partial charge in [0.2, 0.25) is 5.91 Å². The molecule has 0 aliphatic carbocycles. The minimum atomic E-state index is -0.444. The van der Waals surface area contributed by atoms with Crippen LogP contribution in [0.5, 0.6) is 5.75 Å². The van der Waals surface area contributed by atoms with Crippen molar-refractivity contribution in [2.45, 2.75) is 38.3 Å². The Balaban J connectivity index is 0.00000261. The van der Waals surface area contributed by atoms with Crippen molar-refractivity contribution < 1.29 is 14.3 Å². The highest BCUT2D eigenvalue weighted by molar-refractivity contribution is 6.31. The summed E-state index contributed by atoms with van der Waals surface area (Å²) in [4.78, 5) is 27.5. The number of hydrogen-bond donors (Lipinski definition) is 2. The first-order chi connectivity index (χ1) is 12.5. The van der Waals surface area contributed by atoms with Crippen LogP contribution >= 0.6 is 24.0 Å². The van der Waals surface area contributed by atoms with Crippen LogP contribution in [0.15, 0.2) is 18.2 Å². The van der Waals surface area contributed by atoms with Crippen molar-refractivity contribution in [1.29, 1.82) is 0 Å². The highest BCUT2D eigenvalue weighted by atomic mass is 35.5. The maximum atomic E-state index is 13.0. The van der Waals surface area contributed by atoms with E-state index in [1.165, 1.54) is 7.11 Å². The fraction of sp³-hybridized carbons (Fsp3) is 0.579. The molecule has 0 spiro atoms. The van der Waals surface area contributed by atoms with Gasteiger partial charge < -0.3 is 20.3 Å².